The van der Waals surface area contributed by atoms with Crippen LogP contribution in [-0.4, -0.2) is 14.5 Å². The third-order valence-electron chi connectivity index (χ3n) is 5.39. The largest absolute Gasteiger partial charge is 0.361 e. The minimum absolute atomic E-state index is 0.00453. The number of benzene rings is 3. The molecule has 0 radical (unpaired) electrons. The van der Waals surface area contributed by atoms with Crippen LogP contribution in [0.5, 0.6) is 0 Å². The highest BCUT2D eigenvalue weighted by Crippen LogP contribution is 2.20. The first kappa shape index (κ1) is 18.1. The number of aryl methyl sites for hydroxylation is 1. The van der Waals surface area contributed by atoms with Gasteiger partial charge in [-0.05, 0) is 47.9 Å². The van der Waals surface area contributed by atoms with Gasteiger partial charge in [-0.2, -0.15) is 0 Å². The predicted octanol–water partition coefficient (Wildman–Crippen LogP) is 5.29. The summed E-state index contributed by atoms with van der Waals surface area (Å²) < 4.78 is 1.78. The highest BCUT2D eigenvalue weighted by atomic mass is 16.1. The molecule has 0 aliphatic rings. The summed E-state index contributed by atoms with van der Waals surface area (Å²) in [5.41, 5.74) is 4.07. The van der Waals surface area contributed by atoms with Gasteiger partial charge in [0.1, 0.15) is 5.82 Å². The van der Waals surface area contributed by atoms with Gasteiger partial charge in [0.2, 0.25) is 0 Å². The zero-order valence-electron chi connectivity index (χ0n) is 16.5. The van der Waals surface area contributed by atoms with Gasteiger partial charge in [0, 0.05) is 23.6 Å². The van der Waals surface area contributed by atoms with Crippen molar-refractivity contribution in [1.82, 2.24) is 14.5 Å². The van der Waals surface area contributed by atoms with E-state index in [0.717, 1.165) is 28.4 Å². The van der Waals surface area contributed by atoms with Crippen LogP contribution in [0, 0.1) is 0 Å². The normalized spacial score (nSPS) is 11.6. The molecule has 0 atom stereocenters. The molecule has 0 saturated carbocycles. The maximum atomic E-state index is 13.2. The third-order valence-corrected chi connectivity index (χ3v) is 5.39. The topological polar surface area (TPSA) is 50.7 Å². The van der Waals surface area contributed by atoms with Gasteiger partial charge in [-0.25, -0.2) is 4.98 Å². The van der Waals surface area contributed by atoms with Gasteiger partial charge >= 0.3 is 0 Å². The Morgan fingerprint density at radius 3 is 2.43 bits per heavy atom. The zero-order chi connectivity index (χ0) is 20.3. The first-order chi connectivity index (χ1) is 14.8. The van der Waals surface area contributed by atoms with Gasteiger partial charge in [-0.15, -0.1) is 0 Å². The maximum absolute atomic E-state index is 13.2. The van der Waals surface area contributed by atoms with Gasteiger partial charge < -0.3 is 4.98 Å². The molecule has 0 amide bonds. The molecule has 2 aromatic heterocycles. The summed E-state index contributed by atoms with van der Waals surface area (Å²) in [7, 11) is 0. The van der Waals surface area contributed by atoms with Gasteiger partial charge in [0.25, 0.3) is 5.56 Å². The third kappa shape index (κ3) is 3.44. The summed E-state index contributed by atoms with van der Waals surface area (Å²) in [6, 6.07) is 25.9. The number of hydrogen-bond acceptors (Lipinski definition) is 2. The Labute approximate surface area is 174 Å². The molecular formula is C26H21N3O. The van der Waals surface area contributed by atoms with E-state index in [1.54, 1.807) is 4.57 Å². The lowest BCUT2D eigenvalue weighted by Crippen LogP contribution is -2.24. The Bertz CT molecular complexity index is 1410. The predicted molar refractivity (Wildman–Crippen MR) is 123 cm³/mol. The monoisotopic (exact) mass is 391 g/mol. The molecule has 1 N–H and O–H groups in total. The molecule has 0 aliphatic heterocycles. The molecule has 0 fully saturated rings. The molecule has 146 valence electrons. The lowest BCUT2D eigenvalue weighted by molar-refractivity contribution is 0.655. The Morgan fingerprint density at radius 2 is 1.57 bits per heavy atom. The number of nitrogens with zero attached hydrogens (tertiary/aromatic N) is 2. The number of rotatable bonds is 5. The standard InChI is InChI=1S/C26H21N3O/c30-26-22-11-5-7-13-24(22)28-25(29(26)17-16-19-8-2-1-3-9-19)15-14-20-18-27-23-12-6-4-10-21(20)23/h1-15,18,27H,16-17H2. The molecule has 0 aliphatic carbocycles. The highest BCUT2D eigenvalue weighted by molar-refractivity contribution is 5.91. The van der Waals surface area contributed by atoms with Crippen LogP contribution in [-0.2, 0) is 13.0 Å². The maximum Gasteiger partial charge on any atom is 0.261 e. The molecule has 0 saturated heterocycles. The van der Waals surface area contributed by atoms with Crippen LogP contribution < -0.4 is 5.56 Å². The van der Waals surface area contributed by atoms with Crippen LogP contribution in [0.3, 0.4) is 0 Å². The minimum atomic E-state index is -0.00453. The van der Waals surface area contributed by atoms with Crippen LogP contribution in [0.4, 0.5) is 0 Å². The second kappa shape index (κ2) is 7.84. The average molecular weight is 391 g/mol. The molecule has 3 aromatic carbocycles. The SMILES string of the molecule is O=c1c2ccccc2nc(C=Cc2c[nH]c3ccccc23)n1CCc1ccccc1. The van der Waals surface area contributed by atoms with Crippen LogP contribution in [0.15, 0.2) is 89.9 Å². The smallest absolute Gasteiger partial charge is 0.261 e. The van der Waals surface area contributed by atoms with E-state index in [-0.39, 0.29) is 5.56 Å². The number of para-hydroxylation sites is 2. The highest BCUT2D eigenvalue weighted by Gasteiger charge is 2.09. The summed E-state index contributed by atoms with van der Waals surface area (Å²) in [4.78, 5) is 21.3. The lowest BCUT2D eigenvalue weighted by Gasteiger charge is -2.11. The summed E-state index contributed by atoms with van der Waals surface area (Å²) in [5.74, 6) is 0.667. The molecule has 5 aromatic rings. The molecule has 2 heterocycles. The quantitative estimate of drug-likeness (QED) is 0.442. The van der Waals surface area contributed by atoms with Crippen molar-refractivity contribution in [2.24, 2.45) is 0 Å². The van der Waals surface area contributed by atoms with E-state index in [0.29, 0.717) is 17.8 Å². The van der Waals surface area contributed by atoms with E-state index in [2.05, 4.69) is 29.2 Å². The molecule has 0 bridgehead atoms. The fraction of sp³-hybridized carbons (Fsp3) is 0.0769. The van der Waals surface area contributed by atoms with Gasteiger partial charge in [-0.1, -0.05) is 60.7 Å². The molecule has 4 heteroatoms. The van der Waals surface area contributed by atoms with Gasteiger partial charge in [-0.3, -0.25) is 9.36 Å². The van der Waals surface area contributed by atoms with E-state index >= 15 is 0 Å². The van der Waals surface area contributed by atoms with E-state index < -0.39 is 0 Å². The van der Waals surface area contributed by atoms with E-state index in [1.165, 1.54) is 5.56 Å². The lowest BCUT2D eigenvalue weighted by atomic mass is 10.1. The summed E-state index contributed by atoms with van der Waals surface area (Å²) in [6.45, 7) is 0.578. The van der Waals surface area contributed by atoms with Crippen molar-refractivity contribution in [1.29, 1.82) is 0 Å². The van der Waals surface area contributed by atoms with E-state index in [4.69, 9.17) is 4.98 Å². The van der Waals surface area contributed by atoms with Crippen molar-refractivity contribution in [2.75, 3.05) is 0 Å². The first-order valence-corrected chi connectivity index (χ1v) is 10.1. The molecule has 0 spiro atoms. The molecular weight excluding hydrogens is 370 g/mol. The molecule has 5 rings (SSSR count). The van der Waals surface area contributed by atoms with Crippen LogP contribution in [0.25, 0.3) is 34.0 Å². The Balaban J connectivity index is 1.58. The summed E-state index contributed by atoms with van der Waals surface area (Å²) in [5, 5.41) is 1.79. The summed E-state index contributed by atoms with van der Waals surface area (Å²) >= 11 is 0. The fourth-order valence-corrected chi connectivity index (χ4v) is 3.81. The second-order valence-electron chi connectivity index (χ2n) is 7.30. The zero-order valence-corrected chi connectivity index (χ0v) is 16.5. The van der Waals surface area contributed by atoms with E-state index in [1.807, 2.05) is 72.9 Å². The van der Waals surface area contributed by atoms with Crippen molar-refractivity contribution in [3.63, 3.8) is 0 Å². The van der Waals surface area contributed by atoms with Crippen molar-refractivity contribution in [3.05, 3.63) is 112 Å². The Kier molecular flexibility index (Phi) is 4.74. The average Bonchev–Trinajstić information content (AvgIpc) is 3.21. The summed E-state index contributed by atoms with van der Waals surface area (Å²) in [6.07, 6.45) is 6.71. The van der Waals surface area contributed by atoms with Crippen molar-refractivity contribution in [3.8, 4) is 0 Å². The van der Waals surface area contributed by atoms with Gasteiger partial charge in [0.05, 0.1) is 10.9 Å². The Morgan fingerprint density at radius 1 is 0.833 bits per heavy atom. The van der Waals surface area contributed by atoms with Crippen LogP contribution in [0.2, 0.25) is 0 Å². The van der Waals surface area contributed by atoms with Crippen molar-refractivity contribution in [2.45, 2.75) is 13.0 Å². The second-order valence-corrected chi connectivity index (χ2v) is 7.30. The number of nitrogens with one attached hydrogen (secondary N) is 1. The van der Waals surface area contributed by atoms with Crippen molar-refractivity contribution >= 4 is 34.0 Å². The van der Waals surface area contributed by atoms with Gasteiger partial charge in [0.15, 0.2) is 0 Å². The number of H-pyrrole nitrogens is 1. The molecule has 4 nitrogen and oxygen atoms in total. The number of aromatic nitrogens is 3. The Hall–Kier alpha value is -3.92. The molecule has 0 unspecified atom stereocenters. The number of fused-ring (bicyclic) bond motifs is 2. The molecule has 30 heavy (non-hydrogen) atoms. The number of hydrogen-bond donors (Lipinski definition) is 1. The minimum Gasteiger partial charge on any atom is -0.361 e. The van der Waals surface area contributed by atoms with E-state index in [9.17, 15) is 4.79 Å². The van der Waals surface area contributed by atoms with Crippen LogP contribution in [0.1, 0.15) is 17.0 Å². The first-order valence-electron chi connectivity index (χ1n) is 10.1. The van der Waals surface area contributed by atoms with Crippen molar-refractivity contribution < 1.29 is 0 Å². The van der Waals surface area contributed by atoms with Crippen LogP contribution >= 0.6 is 0 Å². The number of aromatic amines is 1. The fourth-order valence-electron chi connectivity index (χ4n) is 3.81.